The van der Waals surface area contributed by atoms with Crippen LogP contribution in [-0.2, 0) is 19.6 Å². The molecule has 2 saturated heterocycles. The maximum Gasteiger partial charge on any atom is 0.243 e. The number of carbonyl (C=O) groups excluding carboxylic acids is 1. The highest BCUT2D eigenvalue weighted by Crippen LogP contribution is 2.25. The summed E-state index contributed by atoms with van der Waals surface area (Å²) in [5, 5.41) is 12.2. The van der Waals surface area contributed by atoms with Gasteiger partial charge >= 0.3 is 0 Å². The number of carbonyl (C=O) groups is 1. The summed E-state index contributed by atoms with van der Waals surface area (Å²) in [5.74, 6) is -0.265. The third-order valence-corrected chi connectivity index (χ3v) is 8.70. The predicted octanol–water partition coefficient (Wildman–Crippen LogP) is 2.46. The van der Waals surface area contributed by atoms with Gasteiger partial charge in [-0.2, -0.15) is 9.57 Å². The number of piperidine rings is 1. The van der Waals surface area contributed by atoms with E-state index in [2.05, 4.69) is 34.5 Å². The van der Waals surface area contributed by atoms with Gasteiger partial charge in [-0.3, -0.25) is 9.69 Å². The van der Waals surface area contributed by atoms with Crippen molar-refractivity contribution >= 4 is 15.9 Å². The van der Waals surface area contributed by atoms with E-state index in [1.807, 2.05) is 13.0 Å². The molecule has 0 saturated carbocycles. The third kappa shape index (κ3) is 6.27. The van der Waals surface area contributed by atoms with Crippen LogP contribution < -0.4 is 5.32 Å². The molecule has 0 aliphatic carbocycles. The lowest BCUT2D eigenvalue weighted by Gasteiger charge is -2.34. The first-order chi connectivity index (χ1) is 16.9. The fourth-order valence-electron chi connectivity index (χ4n) is 4.57. The topological polar surface area (TPSA) is 103 Å². The van der Waals surface area contributed by atoms with Crippen molar-refractivity contribution in [2.75, 3.05) is 45.9 Å². The van der Waals surface area contributed by atoms with E-state index in [-0.39, 0.29) is 22.8 Å². The summed E-state index contributed by atoms with van der Waals surface area (Å²) in [5.41, 5.74) is 2.65. The Labute approximate surface area is 207 Å². The summed E-state index contributed by atoms with van der Waals surface area (Å²) in [6.45, 7) is 6.40. The minimum absolute atomic E-state index is 0.0285. The van der Waals surface area contributed by atoms with Gasteiger partial charge in [0, 0.05) is 38.6 Å². The number of hydrogen-bond donors (Lipinski definition) is 1. The minimum atomic E-state index is -3.65. The van der Waals surface area contributed by atoms with Gasteiger partial charge in [-0.15, -0.1) is 0 Å². The Morgan fingerprint density at radius 1 is 1.06 bits per heavy atom. The first kappa shape index (κ1) is 25.3. The molecule has 1 N–H and O–H groups in total. The zero-order valence-corrected chi connectivity index (χ0v) is 20.8. The summed E-state index contributed by atoms with van der Waals surface area (Å²) in [7, 11) is -3.65. The number of nitrogens with one attached hydrogen (secondary N) is 1. The molecule has 2 fully saturated rings. The molecule has 0 radical (unpaired) electrons. The second-order valence-corrected chi connectivity index (χ2v) is 11.1. The van der Waals surface area contributed by atoms with Gasteiger partial charge in [-0.05, 0) is 49.6 Å². The number of nitriles is 1. The van der Waals surface area contributed by atoms with E-state index in [1.54, 1.807) is 0 Å². The summed E-state index contributed by atoms with van der Waals surface area (Å²) in [6.07, 6.45) is 0.943. The summed E-state index contributed by atoms with van der Waals surface area (Å²) >= 11 is 0. The molecule has 0 aromatic heterocycles. The highest BCUT2D eigenvalue weighted by Gasteiger charge is 2.33. The Hall–Kier alpha value is -2.77. The number of morpholine rings is 1. The highest BCUT2D eigenvalue weighted by atomic mass is 32.2. The molecule has 8 nitrogen and oxygen atoms in total. The lowest BCUT2D eigenvalue weighted by Crippen LogP contribution is -2.46. The van der Waals surface area contributed by atoms with Gasteiger partial charge in [0.15, 0.2) is 0 Å². The van der Waals surface area contributed by atoms with Gasteiger partial charge in [0.25, 0.3) is 0 Å². The Morgan fingerprint density at radius 3 is 2.29 bits per heavy atom. The molecule has 2 aliphatic rings. The Kier molecular flexibility index (Phi) is 8.19. The zero-order valence-electron chi connectivity index (χ0n) is 20.0. The Morgan fingerprint density at radius 2 is 1.69 bits per heavy atom. The van der Waals surface area contributed by atoms with Crippen LogP contribution in [0.5, 0.6) is 0 Å². The van der Waals surface area contributed by atoms with Crippen LogP contribution in [0.4, 0.5) is 0 Å². The van der Waals surface area contributed by atoms with Gasteiger partial charge in [0.1, 0.15) is 0 Å². The Bertz CT molecular complexity index is 1150. The Balaban J connectivity index is 1.39. The van der Waals surface area contributed by atoms with Gasteiger partial charge in [0.05, 0.1) is 35.8 Å². The fraction of sp³-hybridized carbons (Fsp3) is 0.462. The van der Waals surface area contributed by atoms with Crippen LogP contribution in [0, 0.1) is 24.2 Å². The molecule has 186 valence electrons. The van der Waals surface area contributed by atoms with E-state index in [0.717, 1.165) is 18.7 Å². The van der Waals surface area contributed by atoms with Crippen LogP contribution in [0.15, 0.2) is 53.4 Å². The van der Waals surface area contributed by atoms with Gasteiger partial charge in [-0.25, -0.2) is 8.42 Å². The lowest BCUT2D eigenvalue weighted by atomic mass is 9.96. The predicted molar refractivity (Wildman–Crippen MR) is 132 cm³/mol. The van der Waals surface area contributed by atoms with Crippen LogP contribution in [0.2, 0.25) is 0 Å². The van der Waals surface area contributed by atoms with Crippen molar-refractivity contribution in [1.29, 1.82) is 5.26 Å². The largest absolute Gasteiger partial charge is 0.379 e. The van der Waals surface area contributed by atoms with Gasteiger partial charge in [0.2, 0.25) is 15.9 Å². The van der Waals surface area contributed by atoms with E-state index in [9.17, 15) is 13.2 Å². The summed E-state index contributed by atoms with van der Waals surface area (Å²) in [4.78, 5) is 15.7. The average Bonchev–Trinajstić information content (AvgIpc) is 2.89. The quantitative estimate of drug-likeness (QED) is 0.632. The molecule has 1 atom stereocenters. The smallest absolute Gasteiger partial charge is 0.243 e. The van der Waals surface area contributed by atoms with E-state index in [0.29, 0.717) is 51.3 Å². The number of rotatable bonds is 7. The van der Waals surface area contributed by atoms with Crippen molar-refractivity contribution in [1.82, 2.24) is 14.5 Å². The second-order valence-electron chi connectivity index (χ2n) is 9.20. The molecule has 4 rings (SSSR count). The first-order valence-electron chi connectivity index (χ1n) is 12.0. The maximum absolute atomic E-state index is 13.2. The number of ether oxygens (including phenoxy) is 1. The molecule has 2 aromatic carbocycles. The number of aryl methyl sites for hydroxylation is 1. The van der Waals surface area contributed by atoms with Crippen LogP contribution >= 0.6 is 0 Å². The second kappa shape index (κ2) is 11.3. The van der Waals surface area contributed by atoms with Crippen LogP contribution in [0.1, 0.15) is 35.6 Å². The molecule has 1 unspecified atom stereocenters. The van der Waals surface area contributed by atoms with Crippen molar-refractivity contribution in [3.05, 3.63) is 65.2 Å². The molecule has 1 amide bonds. The zero-order chi connectivity index (χ0) is 24.8. The first-order valence-corrected chi connectivity index (χ1v) is 13.5. The SMILES string of the molecule is Cc1ccc(C(CN2CCOCC2)NC(=O)C2CCN(S(=O)(=O)c3ccc(C#N)cc3)CC2)cc1. The molecule has 2 aromatic rings. The average molecular weight is 497 g/mol. The normalized spacial score (nSPS) is 19.1. The number of benzene rings is 2. The molecule has 2 heterocycles. The third-order valence-electron chi connectivity index (χ3n) is 6.79. The summed E-state index contributed by atoms with van der Waals surface area (Å²) < 4.78 is 32.9. The van der Waals surface area contributed by atoms with Crippen molar-refractivity contribution in [3.63, 3.8) is 0 Å². The number of sulfonamides is 1. The summed E-state index contributed by atoms with van der Waals surface area (Å²) in [6, 6.07) is 16.0. The van der Waals surface area contributed by atoms with E-state index >= 15 is 0 Å². The molecule has 0 spiro atoms. The monoisotopic (exact) mass is 496 g/mol. The van der Waals surface area contributed by atoms with Gasteiger partial charge < -0.3 is 10.1 Å². The van der Waals surface area contributed by atoms with Crippen molar-refractivity contribution in [3.8, 4) is 6.07 Å². The van der Waals surface area contributed by atoms with Gasteiger partial charge in [-0.1, -0.05) is 29.8 Å². The molecule has 2 aliphatic heterocycles. The van der Waals surface area contributed by atoms with Crippen molar-refractivity contribution in [2.24, 2.45) is 5.92 Å². The highest BCUT2D eigenvalue weighted by molar-refractivity contribution is 7.89. The van der Waals surface area contributed by atoms with E-state index < -0.39 is 10.0 Å². The molecular formula is C26H32N4O4S. The van der Waals surface area contributed by atoms with Crippen LogP contribution in [0.25, 0.3) is 0 Å². The molecule has 0 bridgehead atoms. The van der Waals surface area contributed by atoms with E-state index in [4.69, 9.17) is 10.00 Å². The standard InChI is InChI=1S/C26H32N4O4S/c1-20-2-6-22(7-3-20)25(19-29-14-16-34-17-15-29)28-26(31)23-10-12-30(13-11-23)35(32,33)24-8-4-21(18-27)5-9-24/h2-9,23,25H,10-17,19H2,1H3,(H,28,31). The molecule has 35 heavy (non-hydrogen) atoms. The fourth-order valence-corrected chi connectivity index (χ4v) is 6.04. The number of nitrogens with zero attached hydrogens (tertiary/aromatic N) is 3. The lowest BCUT2D eigenvalue weighted by molar-refractivity contribution is -0.127. The minimum Gasteiger partial charge on any atom is -0.379 e. The maximum atomic E-state index is 13.2. The van der Waals surface area contributed by atoms with E-state index in [1.165, 1.54) is 34.1 Å². The van der Waals surface area contributed by atoms with Crippen LogP contribution in [0.3, 0.4) is 0 Å². The molecule has 9 heteroatoms. The van der Waals surface area contributed by atoms with Crippen molar-refractivity contribution in [2.45, 2.75) is 30.7 Å². The number of hydrogen-bond acceptors (Lipinski definition) is 6. The molecular weight excluding hydrogens is 464 g/mol. The van der Waals surface area contributed by atoms with Crippen LogP contribution in [-0.4, -0.2) is 69.5 Å². The number of amides is 1. The van der Waals surface area contributed by atoms with Crippen molar-refractivity contribution < 1.29 is 17.9 Å².